The lowest BCUT2D eigenvalue weighted by atomic mass is 10.2. The van der Waals surface area contributed by atoms with Gasteiger partial charge in [0, 0.05) is 12.6 Å². The summed E-state index contributed by atoms with van der Waals surface area (Å²) in [5.41, 5.74) is 1.38. The smallest absolute Gasteiger partial charge is 0.166 e. The van der Waals surface area contributed by atoms with Gasteiger partial charge in [-0.15, -0.1) is 0 Å². The number of rotatable bonds is 6. The van der Waals surface area contributed by atoms with Gasteiger partial charge in [-0.25, -0.2) is 8.78 Å². The zero-order chi connectivity index (χ0) is 15.2. The molecule has 2 rings (SSSR count). The van der Waals surface area contributed by atoms with Crippen molar-refractivity contribution >= 4 is 0 Å². The highest BCUT2D eigenvalue weighted by Gasteiger charge is 2.07. The lowest BCUT2D eigenvalue weighted by molar-refractivity contribution is 0.437. The van der Waals surface area contributed by atoms with Crippen molar-refractivity contribution in [3.05, 3.63) is 59.2 Å². The molecule has 0 spiro atoms. The third-order valence-corrected chi connectivity index (χ3v) is 3.12. The van der Waals surface area contributed by atoms with Crippen LogP contribution >= 0.6 is 0 Å². The van der Waals surface area contributed by atoms with E-state index in [0.717, 1.165) is 18.5 Å². The average Bonchev–Trinajstić information content (AvgIpc) is 2.46. The first-order chi connectivity index (χ1) is 10.1. The van der Waals surface area contributed by atoms with Crippen LogP contribution in [0.4, 0.5) is 8.78 Å². The Hall–Kier alpha value is -1.94. The number of aryl methyl sites for hydroxylation is 1. The zero-order valence-electron chi connectivity index (χ0n) is 12.2. The molecule has 21 heavy (non-hydrogen) atoms. The van der Waals surface area contributed by atoms with Crippen molar-refractivity contribution in [3.63, 3.8) is 0 Å². The highest BCUT2D eigenvalue weighted by Crippen LogP contribution is 2.26. The highest BCUT2D eigenvalue weighted by atomic mass is 19.1. The molecule has 0 saturated heterocycles. The summed E-state index contributed by atoms with van der Waals surface area (Å²) in [4.78, 5) is 0. The molecule has 0 unspecified atom stereocenters. The average molecular weight is 291 g/mol. The van der Waals surface area contributed by atoms with Crippen molar-refractivity contribution in [1.82, 2.24) is 5.32 Å². The van der Waals surface area contributed by atoms with Gasteiger partial charge in [-0.2, -0.15) is 0 Å². The predicted octanol–water partition coefficient (Wildman–Crippen LogP) is 4.57. The van der Waals surface area contributed by atoms with E-state index in [4.69, 9.17) is 4.74 Å². The van der Waals surface area contributed by atoms with Gasteiger partial charge in [0.1, 0.15) is 11.6 Å². The maximum atomic E-state index is 14.0. The zero-order valence-corrected chi connectivity index (χ0v) is 12.2. The van der Waals surface area contributed by atoms with Gasteiger partial charge in [-0.1, -0.05) is 19.1 Å². The van der Waals surface area contributed by atoms with Gasteiger partial charge in [0.25, 0.3) is 0 Å². The van der Waals surface area contributed by atoms with Crippen LogP contribution in [0.2, 0.25) is 0 Å². The van der Waals surface area contributed by atoms with E-state index in [1.165, 1.54) is 12.1 Å². The fourth-order valence-corrected chi connectivity index (χ4v) is 1.91. The molecule has 4 heteroatoms. The molecule has 2 aromatic carbocycles. The van der Waals surface area contributed by atoms with Gasteiger partial charge in [-0.3, -0.25) is 0 Å². The van der Waals surface area contributed by atoms with Gasteiger partial charge >= 0.3 is 0 Å². The van der Waals surface area contributed by atoms with Crippen LogP contribution in [-0.4, -0.2) is 6.54 Å². The van der Waals surface area contributed by atoms with Crippen LogP contribution in [0.1, 0.15) is 24.5 Å². The second-order valence-electron chi connectivity index (χ2n) is 4.95. The summed E-state index contributed by atoms with van der Waals surface area (Å²) in [5.74, 6) is -0.438. The number of ether oxygens (including phenoxy) is 1. The molecule has 0 saturated carbocycles. The molecule has 0 radical (unpaired) electrons. The van der Waals surface area contributed by atoms with E-state index < -0.39 is 5.82 Å². The molecule has 1 N–H and O–H groups in total. The maximum absolute atomic E-state index is 14.0. The minimum Gasteiger partial charge on any atom is -0.454 e. The monoisotopic (exact) mass is 291 g/mol. The first kappa shape index (κ1) is 15.4. The molecule has 112 valence electrons. The Bertz CT molecular complexity index is 614. The molecule has 0 amide bonds. The quantitative estimate of drug-likeness (QED) is 0.787. The summed E-state index contributed by atoms with van der Waals surface area (Å²) < 4.78 is 32.8. The van der Waals surface area contributed by atoms with E-state index in [1.807, 2.05) is 0 Å². The molecule has 0 aliphatic carbocycles. The minimum absolute atomic E-state index is 0.0949. The molecule has 0 aliphatic heterocycles. The standard InChI is InChI=1S/C17H19F2NO/c1-3-8-20-11-13-5-7-17(16(19)9-13)21-14-6-4-12(2)15(18)10-14/h4-7,9-10,20H,3,8,11H2,1-2H3. The molecule has 0 heterocycles. The third kappa shape index (κ3) is 4.26. The number of halogens is 2. The molecule has 2 aromatic rings. The lowest BCUT2D eigenvalue weighted by Crippen LogP contribution is -2.13. The molecule has 2 nitrogen and oxygen atoms in total. The van der Waals surface area contributed by atoms with E-state index in [0.29, 0.717) is 12.1 Å². The topological polar surface area (TPSA) is 21.3 Å². The minimum atomic E-state index is -0.452. The first-order valence-corrected chi connectivity index (χ1v) is 7.03. The Balaban J connectivity index is 2.08. The summed E-state index contributed by atoms with van der Waals surface area (Å²) in [7, 11) is 0. The number of nitrogens with one attached hydrogen (secondary N) is 1. The van der Waals surface area contributed by atoms with Crippen molar-refractivity contribution in [1.29, 1.82) is 0 Å². The van der Waals surface area contributed by atoms with Crippen molar-refractivity contribution in [2.75, 3.05) is 6.54 Å². The van der Waals surface area contributed by atoms with Gasteiger partial charge in [-0.05, 0) is 49.2 Å². The largest absolute Gasteiger partial charge is 0.454 e. The van der Waals surface area contributed by atoms with Gasteiger partial charge in [0.2, 0.25) is 0 Å². The summed E-state index contributed by atoms with van der Waals surface area (Å²) in [6.07, 6.45) is 1.03. The Morgan fingerprint density at radius 2 is 1.86 bits per heavy atom. The summed E-state index contributed by atoms with van der Waals surface area (Å²) in [5, 5.41) is 3.20. The second kappa shape index (κ2) is 7.18. The Morgan fingerprint density at radius 1 is 1.05 bits per heavy atom. The number of benzene rings is 2. The highest BCUT2D eigenvalue weighted by molar-refractivity contribution is 5.36. The van der Waals surface area contributed by atoms with Crippen LogP contribution in [0.25, 0.3) is 0 Å². The van der Waals surface area contributed by atoms with Gasteiger partial charge in [0.05, 0.1) is 0 Å². The van der Waals surface area contributed by atoms with Crippen molar-refractivity contribution in [2.24, 2.45) is 0 Å². The van der Waals surface area contributed by atoms with E-state index in [9.17, 15) is 8.78 Å². The molecule has 0 fully saturated rings. The summed E-state index contributed by atoms with van der Waals surface area (Å²) >= 11 is 0. The van der Waals surface area contributed by atoms with Crippen LogP contribution in [0.15, 0.2) is 36.4 Å². The van der Waals surface area contributed by atoms with E-state index in [1.54, 1.807) is 31.2 Å². The van der Waals surface area contributed by atoms with E-state index in [-0.39, 0.29) is 17.3 Å². The van der Waals surface area contributed by atoms with Gasteiger partial charge < -0.3 is 10.1 Å². The Morgan fingerprint density at radius 3 is 2.52 bits per heavy atom. The molecular weight excluding hydrogens is 272 g/mol. The normalized spacial score (nSPS) is 10.7. The Kier molecular flexibility index (Phi) is 5.28. The second-order valence-corrected chi connectivity index (χ2v) is 4.95. The fraction of sp³-hybridized carbons (Fsp3) is 0.294. The number of hydrogen-bond acceptors (Lipinski definition) is 2. The Labute approximate surface area is 123 Å². The van der Waals surface area contributed by atoms with Crippen molar-refractivity contribution < 1.29 is 13.5 Å². The van der Waals surface area contributed by atoms with Crippen LogP contribution in [0.3, 0.4) is 0 Å². The lowest BCUT2D eigenvalue weighted by Gasteiger charge is -2.09. The first-order valence-electron chi connectivity index (χ1n) is 7.03. The molecule has 0 atom stereocenters. The van der Waals surface area contributed by atoms with Crippen molar-refractivity contribution in [2.45, 2.75) is 26.8 Å². The maximum Gasteiger partial charge on any atom is 0.166 e. The predicted molar refractivity (Wildman–Crippen MR) is 79.6 cm³/mol. The number of hydrogen-bond donors (Lipinski definition) is 1. The SMILES string of the molecule is CCCNCc1ccc(Oc2ccc(C)c(F)c2)c(F)c1. The van der Waals surface area contributed by atoms with E-state index >= 15 is 0 Å². The van der Waals surface area contributed by atoms with Crippen LogP contribution < -0.4 is 10.1 Å². The summed E-state index contributed by atoms with van der Waals surface area (Å²) in [6, 6.07) is 9.27. The molecular formula is C17H19F2NO. The van der Waals surface area contributed by atoms with E-state index in [2.05, 4.69) is 12.2 Å². The van der Waals surface area contributed by atoms with Crippen molar-refractivity contribution in [3.8, 4) is 11.5 Å². The third-order valence-electron chi connectivity index (χ3n) is 3.12. The fourth-order valence-electron chi connectivity index (χ4n) is 1.91. The van der Waals surface area contributed by atoms with Crippen LogP contribution in [-0.2, 0) is 6.54 Å². The van der Waals surface area contributed by atoms with Gasteiger partial charge in [0.15, 0.2) is 11.6 Å². The van der Waals surface area contributed by atoms with Crippen LogP contribution in [0, 0.1) is 18.6 Å². The molecule has 0 aromatic heterocycles. The van der Waals surface area contributed by atoms with Crippen LogP contribution in [0.5, 0.6) is 11.5 Å². The summed E-state index contributed by atoms with van der Waals surface area (Å²) in [6.45, 7) is 5.25. The molecule has 0 bridgehead atoms. The molecule has 0 aliphatic rings.